The molecule has 0 aromatic rings. The lowest BCUT2D eigenvalue weighted by molar-refractivity contribution is -0.124. The summed E-state index contributed by atoms with van der Waals surface area (Å²) in [6.45, 7) is 4.73. The summed E-state index contributed by atoms with van der Waals surface area (Å²) < 4.78 is 0. The van der Waals surface area contributed by atoms with Crippen molar-refractivity contribution in [3.8, 4) is 0 Å². The first kappa shape index (κ1) is 7.37. The van der Waals surface area contributed by atoms with Crippen molar-refractivity contribution >= 4 is 5.78 Å². The Morgan fingerprint density at radius 1 is 2.00 bits per heavy atom. The maximum Gasteiger partial charge on any atom is 0.158 e. The molecule has 0 aliphatic rings. The highest BCUT2D eigenvalue weighted by atomic mass is 16.3. The lowest BCUT2D eigenvalue weighted by atomic mass is 10.2. The molecule has 46 valence electrons. The van der Waals surface area contributed by atoms with Crippen molar-refractivity contribution in [2.75, 3.05) is 0 Å². The smallest absolute Gasteiger partial charge is 0.158 e. The number of aliphatic hydroxyl groups is 1. The monoisotopic (exact) mass is 114 g/mol. The van der Waals surface area contributed by atoms with Crippen molar-refractivity contribution in [2.24, 2.45) is 0 Å². The summed E-state index contributed by atoms with van der Waals surface area (Å²) in [4.78, 5) is 10.2. The number of hydrogen-bond donors (Lipinski definition) is 1. The largest absolute Gasteiger partial charge is 0.385 e. The van der Waals surface area contributed by atoms with Gasteiger partial charge in [0.25, 0.3) is 0 Å². The number of aliphatic hydroxyl groups excluding tert-OH is 1. The van der Waals surface area contributed by atoms with E-state index >= 15 is 0 Å². The Morgan fingerprint density at radius 3 is 2.62 bits per heavy atom. The number of rotatable bonds is 3. The van der Waals surface area contributed by atoms with Gasteiger partial charge in [-0.1, -0.05) is 6.08 Å². The lowest BCUT2D eigenvalue weighted by Crippen LogP contribution is -2.14. The molecule has 1 atom stereocenters. The second-order valence-corrected chi connectivity index (χ2v) is 1.65. The molecule has 0 aromatic heterocycles. The van der Waals surface area contributed by atoms with Crippen LogP contribution >= 0.6 is 0 Å². The number of ketones is 1. The zero-order valence-electron chi connectivity index (χ0n) is 4.92. The molecule has 0 heterocycles. The maximum atomic E-state index is 10.2. The fraction of sp³-hybridized carbons (Fsp3) is 0.500. The zero-order valence-corrected chi connectivity index (χ0v) is 4.92. The van der Waals surface area contributed by atoms with Crippen LogP contribution in [0, 0.1) is 0 Å². The van der Waals surface area contributed by atoms with Crippen LogP contribution in [0.3, 0.4) is 0 Å². The van der Waals surface area contributed by atoms with Gasteiger partial charge in [-0.3, -0.25) is 4.79 Å². The minimum atomic E-state index is -0.840. The van der Waals surface area contributed by atoms with E-state index in [-0.39, 0.29) is 5.78 Å². The van der Waals surface area contributed by atoms with E-state index < -0.39 is 6.10 Å². The number of hydrogen-bond acceptors (Lipinski definition) is 2. The van der Waals surface area contributed by atoms with Crippen LogP contribution in [-0.4, -0.2) is 17.0 Å². The van der Waals surface area contributed by atoms with Gasteiger partial charge < -0.3 is 5.11 Å². The summed E-state index contributed by atoms with van der Waals surface area (Å²) in [7, 11) is 0. The van der Waals surface area contributed by atoms with E-state index in [0.29, 0.717) is 6.42 Å². The number of carbonyl (C=O) groups is 1. The summed E-state index contributed by atoms with van der Waals surface area (Å²) in [5.41, 5.74) is 0. The standard InChI is InChI=1S/C6H10O2/c1-3-4-6(8)5(2)7/h3,6,8H,1,4H2,2H3/t6-/m0/s1. The second-order valence-electron chi connectivity index (χ2n) is 1.65. The Morgan fingerprint density at radius 2 is 2.50 bits per heavy atom. The Kier molecular flexibility index (Phi) is 3.12. The molecule has 0 spiro atoms. The van der Waals surface area contributed by atoms with Gasteiger partial charge in [0, 0.05) is 0 Å². The third-order valence-electron chi connectivity index (χ3n) is 0.859. The maximum absolute atomic E-state index is 10.2. The molecule has 0 rings (SSSR count). The van der Waals surface area contributed by atoms with Crippen LogP contribution in [0.4, 0.5) is 0 Å². The Bertz CT molecular complexity index is 96.7. The van der Waals surface area contributed by atoms with Crippen LogP contribution < -0.4 is 0 Å². The zero-order chi connectivity index (χ0) is 6.57. The molecule has 0 aliphatic heterocycles. The van der Waals surface area contributed by atoms with Crippen LogP contribution in [0.15, 0.2) is 12.7 Å². The first-order valence-corrected chi connectivity index (χ1v) is 2.48. The van der Waals surface area contributed by atoms with Gasteiger partial charge >= 0.3 is 0 Å². The molecule has 0 amide bonds. The van der Waals surface area contributed by atoms with Gasteiger partial charge in [0.1, 0.15) is 6.10 Å². The van der Waals surface area contributed by atoms with Crippen molar-refractivity contribution in [3.05, 3.63) is 12.7 Å². The quantitative estimate of drug-likeness (QED) is 0.543. The van der Waals surface area contributed by atoms with Gasteiger partial charge in [0.15, 0.2) is 5.78 Å². The first-order valence-electron chi connectivity index (χ1n) is 2.48. The summed E-state index contributed by atoms with van der Waals surface area (Å²) in [5.74, 6) is -0.204. The molecule has 0 saturated carbocycles. The molecule has 0 fully saturated rings. The molecule has 0 radical (unpaired) electrons. The average Bonchev–Trinajstić information content (AvgIpc) is 1.67. The van der Waals surface area contributed by atoms with Crippen molar-refractivity contribution < 1.29 is 9.90 Å². The normalized spacial score (nSPS) is 12.8. The Balaban J connectivity index is 3.46. The molecule has 8 heavy (non-hydrogen) atoms. The highest BCUT2D eigenvalue weighted by Crippen LogP contribution is 1.91. The second kappa shape index (κ2) is 3.38. The number of Topliss-reactive ketones (excluding diaryl/α,β-unsaturated/α-hetero) is 1. The van der Waals surface area contributed by atoms with Crippen LogP contribution in [0.25, 0.3) is 0 Å². The summed E-state index contributed by atoms with van der Waals surface area (Å²) >= 11 is 0. The molecule has 0 saturated heterocycles. The van der Waals surface area contributed by atoms with Crippen molar-refractivity contribution in [1.82, 2.24) is 0 Å². The topological polar surface area (TPSA) is 37.3 Å². The molecule has 0 unspecified atom stereocenters. The molecule has 0 aliphatic carbocycles. The fourth-order valence-corrected chi connectivity index (χ4v) is 0.324. The van der Waals surface area contributed by atoms with Crippen molar-refractivity contribution in [1.29, 1.82) is 0 Å². The van der Waals surface area contributed by atoms with Gasteiger partial charge in [-0.2, -0.15) is 0 Å². The van der Waals surface area contributed by atoms with Gasteiger partial charge in [0.2, 0.25) is 0 Å². The fourth-order valence-electron chi connectivity index (χ4n) is 0.324. The average molecular weight is 114 g/mol. The molecule has 0 bridgehead atoms. The van der Waals surface area contributed by atoms with Crippen LogP contribution in [0.5, 0.6) is 0 Å². The predicted octanol–water partition coefficient (Wildman–Crippen LogP) is 0.512. The summed E-state index contributed by atoms with van der Waals surface area (Å²) in [5, 5.41) is 8.71. The molecular formula is C6H10O2. The minimum Gasteiger partial charge on any atom is -0.385 e. The molecule has 2 heteroatoms. The van der Waals surface area contributed by atoms with Crippen LogP contribution in [0.1, 0.15) is 13.3 Å². The van der Waals surface area contributed by atoms with Gasteiger partial charge in [-0.15, -0.1) is 6.58 Å². The van der Waals surface area contributed by atoms with E-state index in [4.69, 9.17) is 5.11 Å². The van der Waals surface area contributed by atoms with E-state index in [1.807, 2.05) is 0 Å². The summed E-state index contributed by atoms with van der Waals surface area (Å²) in [6, 6.07) is 0. The number of carbonyl (C=O) groups excluding carboxylic acids is 1. The highest BCUT2D eigenvalue weighted by molar-refractivity contribution is 5.80. The van der Waals surface area contributed by atoms with E-state index in [0.717, 1.165) is 0 Å². The van der Waals surface area contributed by atoms with Gasteiger partial charge in [-0.05, 0) is 13.3 Å². The van der Waals surface area contributed by atoms with Crippen molar-refractivity contribution in [3.63, 3.8) is 0 Å². The third kappa shape index (κ3) is 2.53. The van der Waals surface area contributed by atoms with E-state index in [1.165, 1.54) is 13.0 Å². The molecule has 1 N–H and O–H groups in total. The molecular weight excluding hydrogens is 104 g/mol. The van der Waals surface area contributed by atoms with Crippen molar-refractivity contribution in [2.45, 2.75) is 19.4 Å². The Labute approximate surface area is 48.8 Å². The van der Waals surface area contributed by atoms with Crippen LogP contribution in [0.2, 0.25) is 0 Å². The lowest BCUT2D eigenvalue weighted by Gasteiger charge is -1.98. The molecule has 0 aromatic carbocycles. The summed E-state index contributed by atoms with van der Waals surface area (Å²) in [6.07, 6.45) is 1.04. The van der Waals surface area contributed by atoms with E-state index in [2.05, 4.69) is 6.58 Å². The van der Waals surface area contributed by atoms with Gasteiger partial charge in [-0.25, -0.2) is 0 Å². The minimum absolute atomic E-state index is 0.204. The third-order valence-corrected chi connectivity index (χ3v) is 0.859. The van der Waals surface area contributed by atoms with Crippen LogP contribution in [-0.2, 0) is 4.79 Å². The highest BCUT2D eigenvalue weighted by Gasteiger charge is 2.04. The Hall–Kier alpha value is -0.630. The van der Waals surface area contributed by atoms with Gasteiger partial charge in [0.05, 0.1) is 0 Å². The first-order chi connectivity index (χ1) is 3.68. The predicted molar refractivity (Wildman–Crippen MR) is 31.5 cm³/mol. The SMILES string of the molecule is C=CC[C@H](O)C(C)=O. The van der Waals surface area contributed by atoms with E-state index in [9.17, 15) is 4.79 Å². The molecule has 2 nitrogen and oxygen atoms in total. The van der Waals surface area contributed by atoms with E-state index in [1.54, 1.807) is 0 Å².